The van der Waals surface area contributed by atoms with Crippen molar-refractivity contribution < 1.29 is 22.3 Å². The maximum absolute atomic E-state index is 13.5. The number of hydrogen-bond acceptors (Lipinski definition) is 5. The van der Waals surface area contributed by atoms with Crippen molar-refractivity contribution in [2.75, 3.05) is 5.43 Å². The van der Waals surface area contributed by atoms with E-state index < -0.39 is 23.7 Å². The monoisotopic (exact) mass is 366 g/mol. The number of nitrogens with one attached hydrogen (secondary N) is 1. The summed E-state index contributed by atoms with van der Waals surface area (Å²) in [6.07, 6.45) is -4.79. The van der Waals surface area contributed by atoms with Crippen LogP contribution in [0.15, 0.2) is 28.7 Å². The van der Waals surface area contributed by atoms with Crippen molar-refractivity contribution in [3.8, 4) is 11.6 Å². The number of alkyl halides is 3. The van der Waals surface area contributed by atoms with Gasteiger partial charge in [0.2, 0.25) is 11.7 Å². The van der Waals surface area contributed by atoms with Crippen LogP contribution in [0.3, 0.4) is 0 Å². The van der Waals surface area contributed by atoms with E-state index in [-0.39, 0.29) is 11.6 Å². The van der Waals surface area contributed by atoms with Gasteiger partial charge in [0, 0.05) is 10.5 Å². The number of nitrogen functional groups attached to an aromatic ring is 1. The van der Waals surface area contributed by atoms with E-state index in [2.05, 4.69) is 25.9 Å². The van der Waals surface area contributed by atoms with E-state index in [0.29, 0.717) is 4.47 Å². The summed E-state index contributed by atoms with van der Waals surface area (Å²) >= 11 is 3.09. The quantitative estimate of drug-likeness (QED) is 0.494. The Morgan fingerprint density at radius 3 is 2.52 bits per heavy atom. The van der Waals surface area contributed by atoms with Gasteiger partial charge < -0.3 is 10.2 Å². The summed E-state index contributed by atoms with van der Waals surface area (Å²) in [5.41, 5.74) is 1.96. The molecule has 0 radical (unpaired) electrons. The fourth-order valence-electron chi connectivity index (χ4n) is 1.35. The van der Waals surface area contributed by atoms with Gasteiger partial charge in [0.25, 0.3) is 0 Å². The molecule has 0 bridgehead atoms. The molecule has 1 aromatic heterocycles. The van der Waals surface area contributed by atoms with Crippen LogP contribution in [-0.4, -0.2) is 9.97 Å². The molecule has 0 aliphatic rings. The van der Waals surface area contributed by atoms with Gasteiger partial charge >= 0.3 is 6.18 Å². The molecule has 0 unspecified atom stereocenters. The number of aromatic nitrogens is 2. The number of nitrogens with zero attached hydrogens (tertiary/aromatic N) is 2. The van der Waals surface area contributed by atoms with Crippen molar-refractivity contribution in [1.82, 2.24) is 9.97 Å². The lowest BCUT2D eigenvalue weighted by Gasteiger charge is -2.11. The van der Waals surface area contributed by atoms with Crippen molar-refractivity contribution in [1.29, 1.82) is 0 Å². The molecule has 21 heavy (non-hydrogen) atoms. The summed E-state index contributed by atoms with van der Waals surface area (Å²) in [5.74, 6) is 1.71. The molecule has 1 heterocycles. The molecule has 0 aliphatic carbocycles. The minimum Gasteiger partial charge on any atom is -0.436 e. The van der Waals surface area contributed by atoms with Crippen molar-refractivity contribution in [3.63, 3.8) is 0 Å². The molecule has 0 saturated carbocycles. The SMILES string of the molecule is NNc1cc(Oc2cc(Br)ccc2F)nc(C(F)(F)F)n1. The van der Waals surface area contributed by atoms with Crippen LogP contribution < -0.4 is 16.0 Å². The molecule has 5 nitrogen and oxygen atoms in total. The zero-order valence-corrected chi connectivity index (χ0v) is 11.7. The van der Waals surface area contributed by atoms with E-state index in [1.54, 1.807) is 0 Å². The molecule has 0 fully saturated rings. The van der Waals surface area contributed by atoms with Crippen molar-refractivity contribution in [2.45, 2.75) is 6.18 Å². The normalized spacial score (nSPS) is 11.3. The van der Waals surface area contributed by atoms with Crippen molar-refractivity contribution in [2.24, 2.45) is 5.84 Å². The maximum atomic E-state index is 13.5. The Hall–Kier alpha value is -1.94. The second-order valence-electron chi connectivity index (χ2n) is 3.73. The lowest BCUT2D eigenvalue weighted by molar-refractivity contribution is -0.145. The van der Waals surface area contributed by atoms with E-state index in [4.69, 9.17) is 10.6 Å². The average molecular weight is 367 g/mol. The summed E-state index contributed by atoms with van der Waals surface area (Å²) in [6.45, 7) is 0. The first-order chi connectivity index (χ1) is 9.79. The Kier molecular flexibility index (Phi) is 4.28. The average Bonchev–Trinajstić information content (AvgIpc) is 2.41. The van der Waals surface area contributed by atoms with Crippen molar-refractivity contribution in [3.05, 3.63) is 40.4 Å². The lowest BCUT2D eigenvalue weighted by atomic mass is 10.3. The number of rotatable bonds is 3. The number of hydrogen-bond donors (Lipinski definition) is 2. The van der Waals surface area contributed by atoms with Gasteiger partial charge in [-0.05, 0) is 18.2 Å². The lowest BCUT2D eigenvalue weighted by Crippen LogP contribution is -2.16. The zero-order valence-electron chi connectivity index (χ0n) is 10.1. The molecular formula is C11H7BrF4N4O. The highest BCUT2D eigenvalue weighted by Crippen LogP contribution is 2.31. The second kappa shape index (κ2) is 5.82. The first kappa shape index (κ1) is 15.4. The minimum atomic E-state index is -4.79. The molecule has 0 atom stereocenters. The number of benzene rings is 1. The van der Waals surface area contributed by atoms with E-state index in [1.807, 2.05) is 5.43 Å². The molecule has 10 heteroatoms. The third kappa shape index (κ3) is 3.79. The van der Waals surface area contributed by atoms with Gasteiger partial charge in [-0.25, -0.2) is 15.2 Å². The van der Waals surface area contributed by atoms with Crippen LogP contribution in [0.25, 0.3) is 0 Å². The Labute approximate surface area is 124 Å². The Balaban J connectivity index is 2.42. The van der Waals surface area contributed by atoms with Crippen LogP contribution >= 0.6 is 15.9 Å². The van der Waals surface area contributed by atoms with E-state index in [9.17, 15) is 17.6 Å². The number of anilines is 1. The molecule has 1 aromatic carbocycles. The third-order valence-corrected chi connectivity index (χ3v) is 2.71. The summed E-state index contributed by atoms with van der Waals surface area (Å²) in [7, 11) is 0. The number of halogens is 5. The summed E-state index contributed by atoms with van der Waals surface area (Å²) in [5, 5.41) is 0. The molecule has 3 N–H and O–H groups in total. The fraction of sp³-hybridized carbons (Fsp3) is 0.0909. The first-order valence-corrected chi connectivity index (χ1v) is 6.14. The van der Waals surface area contributed by atoms with E-state index in [1.165, 1.54) is 12.1 Å². The standard InChI is InChI=1S/C11H7BrF4N4O/c12-5-1-2-6(13)7(3-5)21-9-4-8(20-17)18-10(19-9)11(14,15)16/h1-4H,17H2,(H,18,19,20). The van der Waals surface area contributed by atoms with E-state index >= 15 is 0 Å². The number of ether oxygens (including phenoxy) is 1. The second-order valence-corrected chi connectivity index (χ2v) is 4.65. The zero-order chi connectivity index (χ0) is 15.6. The molecule has 0 amide bonds. The van der Waals surface area contributed by atoms with Crippen LogP contribution in [0.2, 0.25) is 0 Å². The molecule has 0 spiro atoms. The van der Waals surface area contributed by atoms with Gasteiger partial charge in [0.1, 0.15) is 5.82 Å². The van der Waals surface area contributed by atoms with Gasteiger partial charge in [-0.1, -0.05) is 15.9 Å². The Morgan fingerprint density at radius 1 is 1.19 bits per heavy atom. The molecule has 0 aliphatic heterocycles. The largest absolute Gasteiger partial charge is 0.451 e. The van der Waals surface area contributed by atoms with Gasteiger partial charge in [0.05, 0.1) is 0 Å². The molecule has 2 aromatic rings. The highest BCUT2D eigenvalue weighted by molar-refractivity contribution is 9.10. The molecule has 112 valence electrons. The van der Waals surface area contributed by atoms with Gasteiger partial charge in [-0.3, -0.25) is 0 Å². The van der Waals surface area contributed by atoms with Crippen LogP contribution in [0, 0.1) is 5.82 Å². The van der Waals surface area contributed by atoms with Crippen molar-refractivity contribution >= 4 is 21.7 Å². The highest BCUT2D eigenvalue weighted by Gasteiger charge is 2.35. The van der Waals surface area contributed by atoms with Gasteiger partial charge in [-0.15, -0.1) is 0 Å². The highest BCUT2D eigenvalue weighted by atomic mass is 79.9. The predicted octanol–water partition coefficient (Wildman–Crippen LogP) is 3.47. The molecular weight excluding hydrogens is 360 g/mol. The molecule has 0 saturated heterocycles. The minimum absolute atomic E-state index is 0.292. The Bertz CT molecular complexity index is 665. The predicted molar refractivity (Wildman–Crippen MR) is 69.0 cm³/mol. The molecule has 2 rings (SSSR count). The summed E-state index contributed by atoms with van der Waals surface area (Å²) in [4.78, 5) is 6.33. The van der Waals surface area contributed by atoms with E-state index in [0.717, 1.165) is 12.1 Å². The number of nitrogens with two attached hydrogens (primary N) is 1. The summed E-state index contributed by atoms with van der Waals surface area (Å²) in [6, 6.07) is 4.76. The topological polar surface area (TPSA) is 73.1 Å². The van der Waals surface area contributed by atoms with Gasteiger partial charge in [-0.2, -0.15) is 18.2 Å². The first-order valence-electron chi connectivity index (χ1n) is 5.35. The summed E-state index contributed by atoms with van der Waals surface area (Å²) < 4.78 is 56.9. The third-order valence-electron chi connectivity index (χ3n) is 2.21. The maximum Gasteiger partial charge on any atom is 0.451 e. The fourth-order valence-corrected chi connectivity index (χ4v) is 1.69. The van der Waals surface area contributed by atoms with Crippen LogP contribution in [0.1, 0.15) is 5.82 Å². The number of hydrazine groups is 1. The van der Waals surface area contributed by atoms with Gasteiger partial charge in [0.15, 0.2) is 11.6 Å². The van der Waals surface area contributed by atoms with Crippen LogP contribution in [0.4, 0.5) is 23.4 Å². The van der Waals surface area contributed by atoms with Crippen LogP contribution in [0.5, 0.6) is 11.6 Å². The Morgan fingerprint density at radius 2 is 1.90 bits per heavy atom. The smallest absolute Gasteiger partial charge is 0.436 e. The van der Waals surface area contributed by atoms with Crippen LogP contribution in [-0.2, 0) is 6.18 Å².